The molecule has 2 heterocycles. The Morgan fingerprint density at radius 3 is 2.84 bits per heavy atom. The number of sulfonamides is 1. The van der Waals surface area contributed by atoms with Crippen LogP contribution in [-0.4, -0.2) is 42.2 Å². The summed E-state index contributed by atoms with van der Waals surface area (Å²) in [6.45, 7) is 2.93. The third-order valence-electron chi connectivity index (χ3n) is 4.45. The number of aryl methyl sites for hydroxylation is 1. The molecule has 0 radical (unpaired) electrons. The number of aliphatic hydroxyl groups is 1. The van der Waals surface area contributed by atoms with E-state index in [0.717, 1.165) is 6.07 Å². The van der Waals surface area contributed by atoms with Crippen molar-refractivity contribution in [3.63, 3.8) is 0 Å². The van der Waals surface area contributed by atoms with Gasteiger partial charge in [0.25, 0.3) is 5.91 Å². The van der Waals surface area contributed by atoms with E-state index in [-0.39, 0.29) is 40.6 Å². The van der Waals surface area contributed by atoms with Crippen LogP contribution in [0.5, 0.6) is 5.75 Å². The van der Waals surface area contributed by atoms with Crippen molar-refractivity contribution in [2.45, 2.75) is 36.8 Å². The molecular formula is C21H21FN4O5S. The van der Waals surface area contributed by atoms with Gasteiger partial charge in [-0.1, -0.05) is 11.8 Å². The molecule has 0 unspecified atom stereocenters. The summed E-state index contributed by atoms with van der Waals surface area (Å²) in [4.78, 5) is 12.7. The van der Waals surface area contributed by atoms with Crippen LogP contribution >= 0.6 is 0 Å². The van der Waals surface area contributed by atoms with Gasteiger partial charge in [-0.3, -0.25) is 4.79 Å². The van der Waals surface area contributed by atoms with Gasteiger partial charge in [-0.2, -0.15) is 5.26 Å². The molecule has 168 valence electrons. The summed E-state index contributed by atoms with van der Waals surface area (Å²) >= 11 is 0. The third kappa shape index (κ3) is 5.08. The van der Waals surface area contributed by atoms with Crippen LogP contribution in [0, 0.1) is 29.0 Å². The lowest BCUT2D eigenvalue weighted by atomic mass is 10.1. The van der Waals surface area contributed by atoms with Crippen LogP contribution in [0.3, 0.4) is 0 Å². The Labute approximate surface area is 184 Å². The molecule has 3 N–H and O–H groups in total. The highest BCUT2D eigenvalue weighted by atomic mass is 32.2. The van der Waals surface area contributed by atoms with E-state index in [0.29, 0.717) is 0 Å². The molecule has 1 amide bonds. The number of amides is 1. The summed E-state index contributed by atoms with van der Waals surface area (Å²) in [5.41, 5.74) is -1.36. The van der Waals surface area contributed by atoms with Gasteiger partial charge < -0.3 is 19.7 Å². The quantitative estimate of drug-likeness (QED) is 0.595. The molecule has 3 rings (SSSR count). The summed E-state index contributed by atoms with van der Waals surface area (Å²) in [5.74, 6) is 3.79. The molecule has 0 bridgehead atoms. The van der Waals surface area contributed by atoms with E-state index in [1.54, 1.807) is 6.07 Å². The monoisotopic (exact) mass is 460 g/mol. The van der Waals surface area contributed by atoms with E-state index in [4.69, 9.17) is 10.00 Å². The lowest BCUT2D eigenvalue weighted by Gasteiger charge is -2.14. The number of rotatable bonds is 3. The number of nitrogens with zero attached hydrogens (tertiary/aromatic N) is 2. The Kier molecular flexibility index (Phi) is 6.28. The Balaban J connectivity index is 1.89. The van der Waals surface area contributed by atoms with E-state index >= 15 is 0 Å². The number of hydrogen-bond donors (Lipinski definition) is 3. The van der Waals surface area contributed by atoms with Crippen molar-refractivity contribution in [3.8, 4) is 23.7 Å². The number of nitriles is 1. The molecule has 1 aromatic heterocycles. The first-order valence-electron chi connectivity index (χ1n) is 9.49. The van der Waals surface area contributed by atoms with E-state index in [1.807, 2.05) is 0 Å². The first-order chi connectivity index (χ1) is 14.9. The minimum absolute atomic E-state index is 0.0589. The van der Waals surface area contributed by atoms with Crippen LogP contribution in [0.15, 0.2) is 29.3 Å². The molecule has 0 saturated carbocycles. The minimum atomic E-state index is -4.02. The van der Waals surface area contributed by atoms with Gasteiger partial charge in [0.2, 0.25) is 10.0 Å². The van der Waals surface area contributed by atoms with Crippen molar-refractivity contribution in [3.05, 3.63) is 41.5 Å². The summed E-state index contributed by atoms with van der Waals surface area (Å²) in [5, 5.41) is 21.2. The number of nitrogens with one attached hydrogen (secondary N) is 2. The Bertz CT molecular complexity index is 1280. The minimum Gasteiger partial charge on any atom is -0.488 e. The second kappa shape index (κ2) is 8.63. The number of benzene rings is 1. The van der Waals surface area contributed by atoms with E-state index in [1.165, 1.54) is 43.8 Å². The number of hydrogen-bond acceptors (Lipinski definition) is 6. The molecule has 9 nitrogen and oxygen atoms in total. The number of halogens is 1. The lowest BCUT2D eigenvalue weighted by molar-refractivity contribution is 0.101. The van der Waals surface area contributed by atoms with Gasteiger partial charge in [0.1, 0.15) is 29.0 Å². The summed E-state index contributed by atoms with van der Waals surface area (Å²) in [6, 6.07) is 4.49. The van der Waals surface area contributed by atoms with Crippen LogP contribution in [0.4, 0.5) is 10.1 Å². The molecule has 0 saturated heterocycles. The number of carbonyl (C=O) groups excluding carboxylic acids is 1. The van der Waals surface area contributed by atoms with Gasteiger partial charge in [-0.15, -0.1) is 0 Å². The van der Waals surface area contributed by atoms with Gasteiger partial charge >= 0.3 is 0 Å². The lowest BCUT2D eigenvalue weighted by Crippen LogP contribution is -2.36. The number of fused-ring (bicyclic) bond motifs is 1. The standard InChI is InChI=1S/C21H21FN4O5S/c1-21(2,28)8-4-5-15-12-31-19-17(32(29,30)25-15)11-26(3)18(19)20(27)24-14-6-7-16(22)13(9-14)10-23/h6-7,9,11,15,25,28H,5,12H2,1-3H3,(H,24,27)/t15-/m1/s1. The van der Waals surface area contributed by atoms with Gasteiger partial charge in [0, 0.05) is 25.4 Å². The van der Waals surface area contributed by atoms with Gasteiger partial charge in [0.15, 0.2) is 11.4 Å². The first kappa shape index (κ1) is 23.3. The predicted molar refractivity (Wildman–Crippen MR) is 113 cm³/mol. The highest BCUT2D eigenvalue weighted by molar-refractivity contribution is 7.89. The molecule has 1 aliphatic heterocycles. The molecule has 32 heavy (non-hydrogen) atoms. The number of aromatic nitrogens is 1. The highest BCUT2D eigenvalue weighted by Crippen LogP contribution is 2.33. The average molecular weight is 460 g/mol. The summed E-state index contributed by atoms with van der Waals surface area (Å²) in [7, 11) is -2.53. The number of carbonyl (C=O) groups is 1. The Morgan fingerprint density at radius 1 is 1.47 bits per heavy atom. The fourth-order valence-corrected chi connectivity index (χ4v) is 4.45. The zero-order chi connectivity index (χ0) is 23.7. The van der Waals surface area contributed by atoms with Crippen molar-refractivity contribution >= 4 is 21.6 Å². The van der Waals surface area contributed by atoms with E-state index in [2.05, 4.69) is 21.9 Å². The van der Waals surface area contributed by atoms with Gasteiger partial charge in [-0.25, -0.2) is 17.5 Å². The number of ether oxygens (including phenoxy) is 1. The zero-order valence-corrected chi connectivity index (χ0v) is 18.4. The van der Waals surface area contributed by atoms with Crippen LogP contribution < -0.4 is 14.8 Å². The molecule has 0 aliphatic carbocycles. The number of anilines is 1. The normalized spacial score (nSPS) is 17.1. The topological polar surface area (TPSA) is 133 Å². The fraction of sp³-hybridized carbons (Fsp3) is 0.333. The fourth-order valence-electron chi connectivity index (χ4n) is 3.04. The molecular weight excluding hydrogens is 439 g/mol. The zero-order valence-electron chi connectivity index (χ0n) is 17.6. The van der Waals surface area contributed by atoms with Crippen LogP contribution in [0.1, 0.15) is 36.3 Å². The van der Waals surface area contributed by atoms with Crippen molar-refractivity contribution in [2.75, 3.05) is 11.9 Å². The second-order valence-electron chi connectivity index (χ2n) is 7.74. The van der Waals surface area contributed by atoms with Crippen LogP contribution in [0.25, 0.3) is 0 Å². The summed E-state index contributed by atoms with van der Waals surface area (Å²) < 4.78 is 48.7. The maximum atomic E-state index is 13.5. The molecule has 1 atom stereocenters. The van der Waals surface area contributed by atoms with Crippen LogP contribution in [0.2, 0.25) is 0 Å². The third-order valence-corrected chi connectivity index (χ3v) is 5.96. The molecule has 0 spiro atoms. The van der Waals surface area contributed by atoms with E-state index < -0.39 is 33.4 Å². The van der Waals surface area contributed by atoms with Crippen molar-refractivity contribution in [1.29, 1.82) is 5.26 Å². The van der Waals surface area contributed by atoms with Crippen molar-refractivity contribution in [2.24, 2.45) is 7.05 Å². The molecule has 1 aliphatic rings. The van der Waals surface area contributed by atoms with Crippen molar-refractivity contribution < 1.29 is 27.4 Å². The van der Waals surface area contributed by atoms with E-state index in [9.17, 15) is 22.7 Å². The maximum Gasteiger partial charge on any atom is 0.276 e. The molecule has 2 aromatic rings. The maximum absolute atomic E-state index is 13.5. The van der Waals surface area contributed by atoms with Gasteiger partial charge in [-0.05, 0) is 32.0 Å². The highest BCUT2D eigenvalue weighted by Gasteiger charge is 2.34. The van der Waals surface area contributed by atoms with Crippen molar-refractivity contribution in [1.82, 2.24) is 9.29 Å². The Morgan fingerprint density at radius 2 is 2.19 bits per heavy atom. The molecule has 0 fully saturated rings. The first-order valence-corrected chi connectivity index (χ1v) is 11.0. The molecule has 1 aromatic carbocycles. The SMILES string of the molecule is Cn1cc2c(c1C(=O)Nc1ccc(F)c(C#N)c1)OC[C@@H](CC#CC(C)(C)O)NS2(=O)=O. The largest absolute Gasteiger partial charge is 0.488 e. The smallest absolute Gasteiger partial charge is 0.276 e. The predicted octanol–water partition coefficient (Wildman–Crippen LogP) is 1.49. The average Bonchev–Trinajstić information content (AvgIpc) is 2.97. The summed E-state index contributed by atoms with van der Waals surface area (Å²) in [6.07, 6.45) is 1.34. The van der Waals surface area contributed by atoms with Gasteiger partial charge in [0.05, 0.1) is 11.6 Å². The Hall–Kier alpha value is -3.38. The second-order valence-corrected chi connectivity index (χ2v) is 9.42. The molecule has 11 heteroatoms. The van der Waals surface area contributed by atoms with Crippen LogP contribution in [-0.2, 0) is 17.1 Å².